The molecule has 0 bridgehead atoms. The molecule has 1 aliphatic heterocycles. The normalized spacial score (nSPS) is 17.5. The fourth-order valence-corrected chi connectivity index (χ4v) is 4.00. The van der Waals surface area contributed by atoms with E-state index >= 15 is 0 Å². The third-order valence-corrected chi connectivity index (χ3v) is 5.41. The molecule has 0 spiro atoms. The van der Waals surface area contributed by atoms with Crippen molar-refractivity contribution in [3.8, 4) is 5.75 Å². The molecule has 2 amide bonds. The Hall–Kier alpha value is -1.93. The number of hydrogen-bond acceptors (Lipinski definition) is 5. The van der Waals surface area contributed by atoms with Crippen LogP contribution in [-0.4, -0.2) is 40.9 Å². The lowest BCUT2D eigenvalue weighted by Crippen LogP contribution is -2.44. The molecule has 2 N–H and O–H groups in total. The van der Waals surface area contributed by atoms with Crippen molar-refractivity contribution >= 4 is 39.1 Å². The summed E-state index contributed by atoms with van der Waals surface area (Å²) >= 11 is 4.79. The van der Waals surface area contributed by atoms with E-state index in [1.165, 1.54) is 23.6 Å². The highest BCUT2D eigenvalue weighted by molar-refractivity contribution is 9.10. The van der Waals surface area contributed by atoms with Gasteiger partial charge in [-0.25, -0.2) is 0 Å². The molecule has 2 aromatic heterocycles. The van der Waals surface area contributed by atoms with Gasteiger partial charge >= 0.3 is 0 Å². The summed E-state index contributed by atoms with van der Waals surface area (Å²) in [6, 6.07) is 5.04. The predicted octanol–water partition coefficient (Wildman–Crippen LogP) is 2.69. The molecule has 1 unspecified atom stereocenters. The minimum atomic E-state index is -0.593. The molecule has 1 aliphatic rings. The van der Waals surface area contributed by atoms with Crippen LogP contribution in [0.15, 0.2) is 34.2 Å². The molecule has 0 radical (unpaired) electrons. The number of nitrogens with two attached hydrogens (primary N) is 1. The fourth-order valence-electron chi connectivity index (χ4n) is 2.61. The van der Waals surface area contributed by atoms with Gasteiger partial charge in [0.25, 0.3) is 11.8 Å². The van der Waals surface area contributed by atoms with Crippen LogP contribution in [0.2, 0.25) is 0 Å². The molecule has 3 heterocycles. The molecule has 1 saturated heterocycles. The van der Waals surface area contributed by atoms with E-state index in [-0.39, 0.29) is 17.7 Å². The van der Waals surface area contributed by atoms with E-state index in [2.05, 4.69) is 20.9 Å². The van der Waals surface area contributed by atoms with Crippen molar-refractivity contribution in [2.45, 2.75) is 18.9 Å². The Morgan fingerprint density at radius 3 is 2.96 bits per heavy atom. The van der Waals surface area contributed by atoms with Crippen LogP contribution in [0.4, 0.5) is 0 Å². The number of halogens is 1. The summed E-state index contributed by atoms with van der Waals surface area (Å²) in [7, 11) is 0. The topological polar surface area (TPSA) is 85.5 Å². The molecule has 2 aromatic rings. The highest BCUT2D eigenvalue weighted by Crippen LogP contribution is 2.24. The van der Waals surface area contributed by atoms with Crippen molar-refractivity contribution in [3.63, 3.8) is 0 Å². The summed E-state index contributed by atoms with van der Waals surface area (Å²) in [4.78, 5) is 30.2. The van der Waals surface area contributed by atoms with E-state index < -0.39 is 5.91 Å². The second kappa shape index (κ2) is 7.31. The molecule has 3 rings (SSSR count). The minimum absolute atomic E-state index is 0.0200. The molecular weight excluding hydrogens is 394 g/mol. The number of amides is 2. The highest BCUT2D eigenvalue weighted by Gasteiger charge is 2.26. The first-order chi connectivity index (χ1) is 11.5. The number of aromatic nitrogens is 1. The molecule has 126 valence electrons. The molecule has 0 saturated carbocycles. The van der Waals surface area contributed by atoms with Gasteiger partial charge in [0, 0.05) is 28.7 Å². The largest absolute Gasteiger partial charge is 0.488 e. The zero-order chi connectivity index (χ0) is 17.1. The van der Waals surface area contributed by atoms with E-state index in [9.17, 15) is 9.59 Å². The number of carbonyl (C=O) groups excluding carboxylic acids is 2. The Morgan fingerprint density at radius 2 is 2.25 bits per heavy atom. The number of thiophene rings is 1. The minimum Gasteiger partial charge on any atom is -0.488 e. The number of carbonyl (C=O) groups is 2. The van der Waals surface area contributed by atoms with Gasteiger partial charge in [-0.1, -0.05) is 0 Å². The third-order valence-electron chi connectivity index (χ3n) is 3.73. The van der Waals surface area contributed by atoms with E-state index in [4.69, 9.17) is 10.5 Å². The molecule has 0 aromatic carbocycles. The Morgan fingerprint density at radius 1 is 1.42 bits per heavy atom. The highest BCUT2D eigenvalue weighted by atomic mass is 79.9. The van der Waals surface area contributed by atoms with Crippen molar-refractivity contribution in [2.75, 3.05) is 13.1 Å². The Labute approximate surface area is 151 Å². The van der Waals surface area contributed by atoms with Crippen LogP contribution < -0.4 is 10.5 Å². The quantitative estimate of drug-likeness (QED) is 0.840. The summed E-state index contributed by atoms with van der Waals surface area (Å²) < 4.78 is 6.83. The lowest BCUT2D eigenvalue weighted by Gasteiger charge is -2.32. The van der Waals surface area contributed by atoms with Crippen LogP contribution in [-0.2, 0) is 0 Å². The third kappa shape index (κ3) is 3.93. The van der Waals surface area contributed by atoms with Gasteiger partial charge in [-0.05, 0) is 40.9 Å². The zero-order valence-electron chi connectivity index (χ0n) is 12.8. The molecule has 24 heavy (non-hydrogen) atoms. The molecule has 1 atom stereocenters. The van der Waals surface area contributed by atoms with Crippen molar-refractivity contribution in [1.82, 2.24) is 9.88 Å². The second-order valence-corrected chi connectivity index (χ2v) is 7.33. The standard InChI is InChI=1S/C16H16BrN3O3S/c17-10-6-14(24-9-10)16(22)20-5-1-2-12(8-20)23-11-3-4-19-13(7-11)15(18)21/h3-4,6-7,9,12H,1-2,5,8H2,(H2,18,21). The SMILES string of the molecule is NC(=O)c1cc(OC2CCCN(C(=O)c3cc(Br)cs3)C2)ccn1. The number of piperidine rings is 1. The van der Waals surface area contributed by atoms with E-state index in [0.29, 0.717) is 17.2 Å². The van der Waals surface area contributed by atoms with Gasteiger partial charge in [-0.15, -0.1) is 11.3 Å². The van der Waals surface area contributed by atoms with E-state index in [1.54, 1.807) is 6.07 Å². The summed E-state index contributed by atoms with van der Waals surface area (Å²) in [6.45, 7) is 1.24. The van der Waals surface area contributed by atoms with Crippen LogP contribution >= 0.6 is 27.3 Å². The van der Waals surface area contributed by atoms with Gasteiger partial charge in [-0.3, -0.25) is 14.6 Å². The number of hydrogen-bond donors (Lipinski definition) is 1. The Bertz CT molecular complexity index is 765. The lowest BCUT2D eigenvalue weighted by atomic mass is 10.1. The van der Waals surface area contributed by atoms with Gasteiger partial charge in [0.1, 0.15) is 17.5 Å². The molecule has 1 fully saturated rings. The first kappa shape index (κ1) is 16.9. The summed E-state index contributed by atoms with van der Waals surface area (Å²) in [5.41, 5.74) is 5.40. The monoisotopic (exact) mass is 409 g/mol. The Balaban J connectivity index is 1.66. The van der Waals surface area contributed by atoms with E-state index in [1.807, 2.05) is 16.3 Å². The molecule has 0 aliphatic carbocycles. The number of ether oxygens (including phenoxy) is 1. The van der Waals surface area contributed by atoms with Crippen LogP contribution in [0.25, 0.3) is 0 Å². The van der Waals surface area contributed by atoms with Crippen molar-refractivity contribution in [3.05, 3.63) is 44.8 Å². The zero-order valence-corrected chi connectivity index (χ0v) is 15.2. The summed E-state index contributed by atoms with van der Waals surface area (Å²) in [6.07, 6.45) is 3.10. The van der Waals surface area contributed by atoms with E-state index in [0.717, 1.165) is 23.9 Å². The predicted molar refractivity (Wildman–Crippen MR) is 94.3 cm³/mol. The van der Waals surface area contributed by atoms with Crippen molar-refractivity contribution in [2.24, 2.45) is 5.73 Å². The van der Waals surface area contributed by atoms with Crippen LogP contribution in [0.3, 0.4) is 0 Å². The van der Waals surface area contributed by atoms with Crippen molar-refractivity contribution < 1.29 is 14.3 Å². The smallest absolute Gasteiger partial charge is 0.267 e. The second-order valence-electron chi connectivity index (χ2n) is 5.50. The lowest BCUT2D eigenvalue weighted by molar-refractivity contribution is 0.0542. The van der Waals surface area contributed by atoms with Crippen LogP contribution in [0.5, 0.6) is 5.75 Å². The van der Waals surface area contributed by atoms with Crippen LogP contribution in [0.1, 0.15) is 33.0 Å². The number of primary amides is 1. The average Bonchev–Trinajstić information content (AvgIpc) is 3.01. The Kier molecular flexibility index (Phi) is 5.15. The number of nitrogens with zero attached hydrogens (tertiary/aromatic N) is 2. The maximum absolute atomic E-state index is 12.5. The number of pyridine rings is 1. The molecular formula is C16H16BrN3O3S. The molecule has 6 nitrogen and oxygen atoms in total. The summed E-state index contributed by atoms with van der Waals surface area (Å²) in [5.74, 6) is -0.0345. The van der Waals surface area contributed by atoms with Crippen LogP contribution in [0, 0.1) is 0 Å². The number of likely N-dealkylation sites (tertiary alicyclic amines) is 1. The molecule has 8 heteroatoms. The average molecular weight is 410 g/mol. The summed E-state index contributed by atoms with van der Waals surface area (Å²) in [5, 5.41) is 1.90. The maximum Gasteiger partial charge on any atom is 0.267 e. The van der Waals surface area contributed by atoms with Gasteiger partial charge in [0.2, 0.25) is 0 Å². The number of rotatable bonds is 4. The van der Waals surface area contributed by atoms with Gasteiger partial charge in [0.05, 0.1) is 11.4 Å². The van der Waals surface area contributed by atoms with Crippen molar-refractivity contribution in [1.29, 1.82) is 0 Å². The maximum atomic E-state index is 12.5. The van der Waals surface area contributed by atoms with Gasteiger partial charge in [0.15, 0.2) is 0 Å². The fraction of sp³-hybridized carbons (Fsp3) is 0.312. The first-order valence-electron chi connectivity index (χ1n) is 7.49. The van der Waals surface area contributed by atoms with Gasteiger partial charge < -0.3 is 15.4 Å². The van der Waals surface area contributed by atoms with Gasteiger partial charge in [-0.2, -0.15) is 0 Å². The first-order valence-corrected chi connectivity index (χ1v) is 9.16.